The molecule has 0 radical (unpaired) electrons. The molecule has 0 atom stereocenters. The van der Waals surface area contributed by atoms with Gasteiger partial charge in [0.1, 0.15) is 0 Å². The highest BCUT2D eigenvalue weighted by atomic mass is 79.9. The van der Waals surface area contributed by atoms with Crippen LogP contribution >= 0.6 is 15.9 Å². The van der Waals surface area contributed by atoms with Crippen LogP contribution in [0.4, 0.5) is 0 Å². The summed E-state index contributed by atoms with van der Waals surface area (Å²) in [6, 6.07) is 9.46. The highest BCUT2D eigenvalue weighted by Crippen LogP contribution is 2.12. The number of H-pyrrole nitrogens is 1. The third kappa shape index (κ3) is 4.01. The molecule has 0 aliphatic carbocycles. The van der Waals surface area contributed by atoms with Crippen LogP contribution in [0, 0.1) is 0 Å². The van der Waals surface area contributed by atoms with Crippen LogP contribution in [-0.2, 0) is 0 Å². The van der Waals surface area contributed by atoms with Crippen LogP contribution in [0.15, 0.2) is 39.9 Å². The average Bonchev–Trinajstić information content (AvgIpc) is 2.95. The molecule has 1 amide bonds. The van der Waals surface area contributed by atoms with Crippen molar-refractivity contribution in [2.45, 2.75) is 26.7 Å². The molecule has 21 heavy (non-hydrogen) atoms. The van der Waals surface area contributed by atoms with Crippen molar-refractivity contribution < 1.29 is 4.79 Å². The second-order valence-electron chi connectivity index (χ2n) is 5.01. The molecular weight excluding hydrogens is 332 g/mol. The summed E-state index contributed by atoms with van der Waals surface area (Å²) < 4.78 is 1.00. The van der Waals surface area contributed by atoms with Gasteiger partial charge in [0.25, 0.3) is 5.91 Å². The highest BCUT2D eigenvalue weighted by Gasteiger charge is 2.11. The molecule has 1 aromatic heterocycles. The van der Waals surface area contributed by atoms with Crippen molar-refractivity contribution in [1.29, 1.82) is 0 Å². The normalized spacial score (nSPS) is 11.8. The zero-order valence-corrected chi connectivity index (χ0v) is 13.7. The van der Waals surface area contributed by atoms with Gasteiger partial charge in [0, 0.05) is 10.2 Å². The Kier molecular flexibility index (Phi) is 4.90. The Bertz CT molecular complexity index is 659. The Hall–Kier alpha value is -1.95. The van der Waals surface area contributed by atoms with Crippen molar-refractivity contribution in [3.8, 4) is 0 Å². The third-order valence-electron chi connectivity index (χ3n) is 3.04. The van der Waals surface area contributed by atoms with E-state index in [-0.39, 0.29) is 5.91 Å². The summed E-state index contributed by atoms with van der Waals surface area (Å²) in [5, 5.41) is 10.9. The second kappa shape index (κ2) is 6.67. The van der Waals surface area contributed by atoms with Gasteiger partial charge in [0.2, 0.25) is 0 Å². The molecule has 0 saturated heterocycles. The van der Waals surface area contributed by atoms with Crippen LogP contribution < -0.4 is 5.43 Å². The van der Waals surface area contributed by atoms with Crippen LogP contribution in [0.2, 0.25) is 0 Å². The maximum absolute atomic E-state index is 12.0. The quantitative estimate of drug-likeness (QED) is 0.656. The third-order valence-corrected chi connectivity index (χ3v) is 3.57. The number of halogens is 1. The summed E-state index contributed by atoms with van der Waals surface area (Å²) in [6.45, 7) is 5.91. The Labute approximate surface area is 132 Å². The number of aromatic nitrogens is 2. The number of hydrogen-bond acceptors (Lipinski definition) is 3. The van der Waals surface area contributed by atoms with E-state index in [0.717, 1.165) is 21.4 Å². The molecule has 0 bridgehead atoms. The topological polar surface area (TPSA) is 70.1 Å². The summed E-state index contributed by atoms with van der Waals surface area (Å²) in [4.78, 5) is 12.0. The van der Waals surface area contributed by atoms with Crippen LogP contribution in [0.25, 0.3) is 0 Å². The van der Waals surface area contributed by atoms with E-state index in [0.29, 0.717) is 11.6 Å². The minimum Gasteiger partial charge on any atom is -0.282 e. The smallest absolute Gasteiger partial charge is 0.282 e. The van der Waals surface area contributed by atoms with Crippen LogP contribution in [0.1, 0.15) is 48.4 Å². The summed E-state index contributed by atoms with van der Waals surface area (Å²) in [5.41, 5.74) is 5.46. The van der Waals surface area contributed by atoms with Gasteiger partial charge in [0.15, 0.2) is 5.69 Å². The van der Waals surface area contributed by atoms with E-state index in [4.69, 9.17) is 0 Å². The van der Waals surface area contributed by atoms with Crippen LogP contribution in [0.5, 0.6) is 0 Å². The number of nitrogens with one attached hydrogen (secondary N) is 2. The second-order valence-corrected chi connectivity index (χ2v) is 5.92. The van der Waals surface area contributed by atoms with Gasteiger partial charge >= 0.3 is 0 Å². The van der Waals surface area contributed by atoms with Gasteiger partial charge in [-0.15, -0.1) is 0 Å². The number of carbonyl (C=O) groups is 1. The first kappa shape index (κ1) is 15.4. The SMILES string of the molecule is CC(=NNC(=O)c1cc(C(C)C)[nH]n1)c1ccc(Br)cc1. The number of amides is 1. The Morgan fingerprint density at radius 1 is 1.33 bits per heavy atom. The molecule has 110 valence electrons. The van der Waals surface area contributed by atoms with E-state index in [2.05, 4.69) is 36.7 Å². The molecule has 0 unspecified atom stereocenters. The minimum atomic E-state index is -0.324. The number of aromatic amines is 1. The molecule has 0 saturated carbocycles. The van der Waals surface area contributed by atoms with Crippen LogP contribution in [-0.4, -0.2) is 21.8 Å². The number of nitrogens with zero attached hydrogens (tertiary/aromatic N) is 2. The lowest BCUT2D eigenvalue weighted by Gasteiger charge is -2.01. The lowest BCUT2D eigenvalue weighted by Crippen LogP contribution is -2.19. The monoisotopic (exact) mass is 348 g/mol. The van der Waals surface area contributed by atoms with E-state index in [1.807, 2.05) is 45.0 Å². The summed E-state index contributed by atoms with van der Waals surface area (Å²) >= 11 is 3.38. The molecule has 2 rings (SSSR count). The molecule has 2 N–H and O–H groups in total. The molecular formula is C15H17BrN4O. The summed E-state index contributed by atoms with van der Waals surface area (Å²) in [7, 11) is 0. The number of hydrazone groups is 1. The van der Waals surface area contributed by atoms with Crippen LogP contribution in [0.3, 0.4) is 0 Å². The van der Waals surface area contributed by atoms with Crippen molar-refractivity contribution in [2.75, 3.05) is 0 Å². The van der Waals surface area contributed by atoms with Crippen molar-refractivity contribution in [2.24, 2.45) is 5.10 Å². The van der Waals surface area contributed by atoms with Gasteiger partial charge < -0.3 is 0 Å². The fourth-order valence-electron chi connectivity index (χ4n) is 1.70. The van der Waals surface area contributed by atoms with Gasteiger partial charge in [-0.1, -0.05) is 41.9 Å². The Morgan fingerprint density at radius 3 is 2.57 bits per heavy atom. The predicted molar refractivity (Wildman–Crippen MR) is 86.5 cm³/mol. The average molecular weight is 349 g/mol. The number of benzene rings is 1. The standard InChI is InChI=1S/C15H17BrN4O/c1-9(2)13-8-14(19-18-13)15(21)20-17-10(3)11-4-6-12(16)7-5-11/h4-9H,1-3H3,(H,18,19)(H,20,21). The molecule has 0 spiro atoms. The fraction of sp³-hybridized carbons (Fsp3) is 0.267. The molecule has 6 heteroatoms. The van der Waals surface area contributed by atoms with Gasteiger partial charge in [-0.25, -0.2) is 5.43 Å². The van der Waals surface area contributed by atoms with Gasteiger partial charge in [-0.05, 0) is 36.6 Å². The largest absolute Gasteiger partial charge is 0.291 e. The lowest BCUT2D eigenvalue weighted by atomic mass is 10.1. The van der Waals surface area contributed by atoms with E-state index in [1.165, 1.54) is 0 Å². The van der Waals surface area contributed by atoms with E-state index < -0.39 is 0 Å². The van der Waals surface area contributed by atoms with Crippen molar-refractivity contribution in [3.63, 3.8) is 0 Å². The maximum Gasteiger partial charge on any atom is 0.291 e. The predicted octanol–water partition coefficient (Wildman–Crippen LogP) is 3.45. The minimum absolute atomic E-state index is 0.298. The van der Waals surface area contributed by atoms with Gasteiger partial charge in [-0.2, -0.15) is 10.2 Å². The summed E-state index contributed by atoms with van der Waals surface area (Å²) in [6.07, 6.45) is 0. The lowest BCUT2D eigenvalue weighted by molar-refractivity contribution is 0.0950. The molecule has 0 aliphatic rings. The molecule has 2 aromatic rings. The first-order valence-corrected chi connectivity index (χ1v) is 7.42. The Morgan fingerprint density at radius 2 is 2.00 bits per heavy atom. The zero-order chi connectivity index (χ0) is 15.4. The van der Waals surface area contributed by atoms with Crippen molar-refractivity contribution in [3.05, 3.63) is 51.8 Å². The van der Waals surface area contributed by atoms with E-state index >= 15 is 0 Å². The fourth-order valence-corrected chi connectivity index (χ4v) is 1.96. The zero-order valence-electron chi connectivity index (χ0n) is 12.1. The Balaban J connectivity index is 2.05. The molecule has 0 aliphatic heterocycles. The van der Waals surface area contributed by atoms with Gasteiger partial charge in [0.05, 0.1) is 5.71 Å². The molecule has 1 aromatic carbocycles. The number of carbonyl (C=O) groups excluding carboxylic acids is 1. The first-order chi connectivity index (χ1) is 9.97. The van der Waals surface area contributed by atoms with Crippen molar-refractivity contribution >= 4 is 27.5 Å². The first-order valence-electron chi connectivity index (χ1n) is 6.63. The molecule has 0 fully saturated rings. The molecule has 1 heterocycles. The summed E-state index contributed by atoms with van der Waals surface area (Å²) in [5.74, 6) is -0.0262. The van der Waals surface area contributed by atoms with E-state index in [1.54, 1.807) is 6.07 Å². The molecule has 5 nitrogen and oxygen atoms in total. The maximum atomic E-state index is 12.0. The van der Waals surface area contributed by atoms with Crippen molar-refractivity contribution in [1.82, 2.24) is 15.6 Å². The van der Waals surface area contributed by atoms with E-state index in [9.17, 15) is 4.79 Å². The number of rotatable bonds is 4. The highest BCUT2D eigenvalue weighted by molar-refractivity contribution is 9.10. The van der Waals surface area contributed by atoms with Gasteiger partial charge in [-0.3, -0.25) is 9.89 Å². The number of hydrogen-bond donors (Lipinski definition) is 2.